The Hall–Kier alpha value is 0.644. The van der Waals surface area contributed by atoms with Crippen LogP contribution in [0.4, 0.5) is 0 Å². The molecule has 0 spiro atoms. The van der Waals surface area contributed by atoms with E-state index in [9.17, 15) is 0 Å². The van der Waals surface area contributed by atoms with E-state index in [1.54, 1.807) is 7.05 Å². The Morgan fingerprint density at radius 3 is 1.80 bits per heavy atom. The fraction of sp³-hybridized carbons (Fsp3) is 0.333. The van der Waals surface area contributed by atoms with Crippen LogP contribution in [-0.4, -0.2) is 18.3 Å². The minimum absolute atomic E-state index is 0. The second-order valence-corrected chi connectivity index (χ2v) is 0.856. The zero-order valence-corrected chi connectivity index (χ0v) is 6.28. The van der Waals surface area contributed by atoms with E-state index < -0.39 is 0 Å². The van der Waals surface area contributed by atoms with E-state index >= 15 is 0 Å². The average molecular weight is 146 g/mol. The molecule has 0 aromatic heterocycles. The van der Waals surface area contributed by atoms with Crippen LogP contribution in [0.25, 0.3) is 0 Å². The molecule has 0 unspecified atom stereocenters. The molecule has 0 aromatic carbocycles. The number of nitrogens with zero attached hydrogens (tertiary/aromatic N) is 1. The first kappa shape index (κ1) is 9.17. The van der Waals surface area contributed by atoms with Crippen LogP contribution < -0.4 is 0 Å². The molecule has 0 atom stereocenters. The second kappa shape index (κ2) is 4.64. The van der Waals surface area contributed by atoms with Crippen molar-refractivity contribution in [2.75, 3.05) is 7.05 Å². The van der Waals surface area contributed by atoms with E-state index in [0.717, 1.165) is 0 Å². The third kappa shape index (κ3) is 78.3. The van der Waals surface area contributed by atoms with Gasteiger partial charge in [-0.15, -0.1) is 0 Å². The van der Waals surface area contributed by atoms with Crippen molar-refractivity contribution in [3.8, 4) is 0 Å². The molecule has 27 valence electrons. The first-order chi connectivity index (χ1) is 1.73. The van der Waals surface area contributed by atoms with Gasteiger partial charge in [-0.05, 0) is 13.8 Å². The predicted molar refractivity (Wildman–Crippen MR) is 18.7 cm³/mol. The summed E-state index contributed by atoms with van der Waals surface area (Å²) in [5.74, 6) is 0. The summed E-state index contributed by atoms with van der Waals surface area (Å²) in [6.07, 6.45) is 0. The molecule has 0 aliphatic heterocycles. The predicted octanol–water partition coefficient (Wildman–Crippen LogP) is 0.118. The van der Waals surface area contributed by atoms with Gasteiger partial charge in [0.2, 0.25) is 0 Å². The van der Waals surface area contributed by atoms with Crippen LogP contribution in [0.1, 0.15) is 0 Å². The van der Waals surface area contributed by atoms with E-state index in [-0.39, 0.29) is 32.7 Å². The molecule has 0 saturated heterocycles. The molecular formula is C3H7NY. The molecule has 0 rings (SSSR count). The van der Waals surface area contributed by atoms with E-state index in [1.165, 1.54) is 4.58 Å². The second-order valence-electron chi connectivity index (χ2n) is 0.856. The minimum atomic E-state index is 0. The van der Waals surface area contributed by atoms with Gasteiger partial charge in [-0.2, -0.15) is 0 Å². The zero-order chi connectivity index (χ0) is 3.58. The fourth-order valence-electron chi connectivity index (χ4n) is 0. The van der Waals surface area contributed by atoms with E-state index in [4.69, 9.17) is 0 Å². The molecule has 5 heavy (non-hydrogen) atoms. The Kier molecular flexibility index (Phi) is 8.51. The van der Waals surface area contributed by atoms with Crippen molar-refractivity contribution in [3.63, 3.8) is 0 Å². The van der Waals surface area contributed by atoms with Crippen molar-refractivity contribution in [1.82, 2.24) is 0 Å². The van der Waals surface area contributed by atoms with E-state index in [2.05, 4.69) is 13.8 Å². The van der Waals surface area contributed by atoms with Crippen LogP contribution in [0.5, 0.6) is 0 Å². The third-order valence-corrected chi connectivity index (χ3v) is 0. The van der Waals surface area contributed by atoms with Gasteiger partial charge in [0, 0.05) is 32.7 Å². The monoisotopic (exact) mass is 146 g/mol. The summed E-state index contributed by atoms with van der Waals surface area (Å²) in [6, 6.07) is 0. The standard InChI is InChI=1S/C3H7N.Y/c1-4(2)3;/h1-2H2,3H3;. The molecule has 0 aliphatic carbocycles. The first-order valence-electron chi connectivity index (χ1n) is 1.08. The quantitative estimate of drug-likeness (QED) is 0.259. The van der Waals surface area contributed by atoms with Gasteiger partial charge >= 0.3 is 0 Å². The topological polar surface area (TPSA) is 3.01 Å². The van der Waals surface area contributed by atoms with Crippen LogP contribution in [0.2, 0.25) is 0 Å². The third-order valence-electron chi connectivity index (χ3n) is 0. The number of rotatable bonds is 0. The van der Waals surface area contributed by atoms with E-state index in [0.29, 0.717) is 0 Å². The summed E-state index contributed by atoms with van der Waals surface area (Å²) in [5, 5.41) is 0. The molecule has 1 nitrogen and oxygen atoms in total. The summed E-state index contributed by atoms with van der Waals surface area (Å²) in [7, 11) is 5.14. The summed E-state index contributed by atoms with van der Waals surface area (Å²) in [4.78, 5) is 0. The van der Waals surface area contributed by atoms with Gasteiger partial charge in [0.1, 0.15) is 7.05 Å². The molecule has 1 radical (unpaired) electrons. The van der Waals surface area contributed by atoms with Crippen LogP contribution in [0.15, 0.2) is 0 Å². The molecule has 0 N–H and O–H groups in total. The van der Waals surface area contributed by atoms with Gasteiger partial charge in [0.15, 0.2) is 0 Å². The summed E-state index contributed by atoms with van der Waals surface area (Å²) >= 11 is 0. The smallest absolute Gasteiger partial charge is 0.104 e. The van der Waals surface area contributed by atoms with Crippen LogP contribution in [-0.2, 0) is 32.7 Å². The van der Waals surface area contributed by atoms with Crippen LogP contribution in [0.3, 0.4) is 0 Å². The molecular weight excluding hydrogens is 139 g/mol. The zero-order valence-electron chi connectivity index (χ0n) is 3.44. The Balaban J connectivity index is 0. The van der Waals surface area contributed by atoms with Gasteiger partial charge in [0.05, 0.1) is 0 Å². The molecule has 0 aliphatic rings. The Bertz CT molecular complexity index is 29.9. The summed E-state index contributed by atoms with van der Waals surface area (Å²) in [6.45, 7) is 3.36. The number of hydrogen-bond acceptors (Lipinski definition) is 0. The normalized spacial score (nSPS) is 5.00. The first-order valence-corrected chi connectivity index (χ1v) is 1.08. The van der Waals surface area contributed by atoms with Crippen molar-refractivity contribution in [1.29, 1.82) is 0 Å². The SMILES string of the molecule is C=[N+]([CH2-])C.[Y]. The molecule has 2 heteroatoms. The van der Waals surface area contributed by atoms with Crippen molar-refractivity contribution in [3.05, 3.63) is 7.05 Å². The van der Waals surface area contributed by atoms with Crippen molar-refractivity contribution < 1.29 is 37.3 Å². The Morgan fingerprint density at radius 1 is 1.80 bits per heavy atom. The minimum Gasteiger partial charge on any atom is -0.377 e. The van der Waals surface area contributed by atoms with Gasteiger partial charge in [-0.1, -0.05) is 0 Å². The maximum Gasteiger partial charge on any atom is 0.104 e. The molecule has 0 saturated carbocycles. The van der Waals surface area contributed by atoms with Crippen molar-refractivity contribution in [2.24, 2.45) is 0 Å². The molecule has 0 fully saturated rings. The number of hydrogen-bond donors (Lipinski definition) is 0. The van der Waals surface area contributed by atoms with Gasteiger partial charge < -0.3 is 4.58 Å². The summed E-state index contributed by atoms with van der Waals surface area (Å²) in [5.41, 5.74) is 0. The Labute approximate surface area is 58.0 Å². The van der Waals surface area contributed by atoms with Crippen LogP contribution in [0, 0.1) is 7.05 Å². The molecule has 0 amide bonds. The van der Waals surface area contributed by atoms with Crippen LogP contribution >= 0.6 is 0 Å². The molecule has 0 aromatic rings. The van der Waals surface area contributed by atoms with E-state index in [1.807, 2.05) is 0 Å². The van der Waals surface area contributed by atoms with Gasteiger partial charge in [-0.25, -0.2) is 0 Å². The maximum absolute atomic E-state index is 3.36. The van der Waals surface area contributed by atoms with Crippen molar-refractivity contribution in [2.45, 2.75) is 0 Å². The molecule has 0 heterocycles. The van der Waals surface area contributed by atoms with Gasteiger partial charge in [0.25, 0.3) is 0 Å². The van der Waals surface area contributed by atoms with Crippen molar-refractivity contribution >= 4 is 6.72 Å². The Morgan fingerprint density at radius 2 is 1.80 bits per heavy atom. The summed E-state index contributed by atoms with van der Waals surface area (Å²) < 4.78 is 1.50. The maximum atomic E-state index is 3.36. The fourth-order valence-corrected chi connectivity index (χ4v) is 0. The van der Waals surface area contributed by atoms with Gasteiger partial charge in [-0.3, -0.25) is 0 Å². The largest absolute Gasteiger partial charge is 0.377 e. The molecule has 0 bridgehead atoms. The average Bonchev–Trinajstić information content (AvgIpc) is 0.811.